The molecule has 0 bridgehead atoms. The quantitative estimate of drug-likeness (QED) is 0.938. The zero-order valence-electron chi connectivity index (χ0n) is 12.0. The van der Waals surface area contributed by atoms with Crippen LogP contribution in [0.2, 0.25) is 0 Å². The van der Waals surface area contributed by atoms with E-state index in [1.165, 1.54) is 19.1 Å². The van der Waals surface area contributed by atoms with Gasteiger partial charge >= 0.3 is 0 Å². The maximum Gasteiger partial charge on any atom is 0.164 e. The van der Waals surface area contributed by atoms with Crippen molar-refractivity contribution in [2.75, 3.05) is 0 Å². The monoisotopic (exact) mass is 280 g/mol. The van der Waals surface area contributed by atoms with Crippen molar-refractivity contribution in [2.24, 2.45) is 7.05 Å². The lowest BCUT2D eigenvalue weighted by Crippen LogP contribution is -2.08. The second-order valence-corrected chi connectivity index (χ2v) is 5.09. The average molecular weight is 280 g/mol. The van der Waals surface area contributed by atoms with E-state index in [1.54, 1.807) is 4.68 Å². The smallest absolute Gasteiger partial charge is 0.164 e. The molecule has 0 fully saturated rings. The van der Waals surface area contributed by atoms with E-state index in [1.807, 2.05) is 20.9 Å². The van der Waals surface area contributed by atoms with Gasteiger partial charge in [-0.2, -0.15) is 5.10 Å². The molecule has 2 aromatic rings. The molecular weight excluding hydrogens is 262 g/mol. The maximum atomic E-state index is 13.9. The van der Waals surface area contributed by atoms with Gasteiger partial charge in [0.05, 0.1) is 11.8 Å². The maximum absolute atomic E-state index is 13.9. The summed E-state index contributed by atoms with van der Waals surface area (Å²) < 4.78 is 29.1. The predicted molar refractivity (Wildman–Crippen MR) is 72.4 cm³/mol. The Labute approximate surface area is 116 Å². The van der Waals surface area contributed by atoms with Crippen molar-refractivity contribution >= 4 is 0 Å². The molecule has 1 heterocycles. The number of aryl methyl sites for hydroxylation is 3. The van der Waals surface area contributed by atoms with Crippen LogP contribution in [0.15, 0.2) is 12.1 Å². The SMILES string of the molecule is Cc1ccc(C(O)Cc2c(C)nn(C)c2C)c(F)c1F. The van der Waals surface area contributed by atoms with E-state index >= 15 is 0 Å². The van der Waals surface area contributed by atoms with Crippen molar-refractivity contribution < 1.29 is 13.9 Å². The van der Waals surface area contributed by atoms with Gasteiger partial charge in [0.25, 0.3) is 0 Å². The van der Waals surface area contributed by atoms with E-state index < -0.39 is 17.7 Å². The summed E-state index contributed by atoms with van der Waals surface area (Å²) in [5.74, 6) is -1.88. The molecule has 108 valence electrons. The van der Waals surface area contributed by atoms with Crippen LogP contribution in [-0.2, 0) is 13.5 Å². The first-order valence-corrected chi connectivity index (χ1v) is 6.44. The molecule has 20 heavy (non-hydrogen) atoms. The van der Waals surface area contributed by atoms with Crippen LogP contribution < -0.4 is 0 Å². The molecule has 0 aliphatic carbocycles. The summed E-state index contributed by atoms with van der Waals surface area (Å²) in [6, 6.07) is 2.90. The first kappa shape index (κ1) is 14.7. The van der Waals surface area contributed by atoms with Gasteiger partial charge < -0.3 is 5.11 Å². The van der Waals surface area contributed by atoms with Crippen molar-refractivity contribution in [1.82, 2.24) is 9.78 Å². The third kappa shape index (κ3) is 2.45. The second kappa shape index (κ2) is 5.32. The summed E-state index contributed by atoms with van der Waals surface area (Å²) in [5.41, 5.74) is 2.77. The van der Waals surface area contributed by atoms with Gasteiger partial charge in [-0.05, 0) is 31.9 Å². The van der Waals surface area contributed by atoms with Gasteiger partial charge in [0, 0.05) is 24.7 Å². The largest absolute Gasteiger partial charge is 0.388 e. The minimum absolute atomic E-state index is 0.0178. The molecule has 1 atom stereocenters. The first-order valence-electron chi connectivity index (χ1n) is 6.44. The molecule has 5 heteroatoms. The van der Waals surface area contributed by atoms with E-state index in [-0.39, 0.29) is 17.5 Å². The Hall–Kier alpha value is -1.75. The van der Waals surface area contributed by atoms with E-state index in [4.69, 9.17) is 0 Å². The molecule has 0 saturated heterocycles. The third-order valence-electron chi connectivity index (χ3n) is 3.72. The Kier molecular flexibility index (Phi) is 3.90. The fourth-order valence-corrected chi connectivity index (χ4v) is 2.33. The summed E-state index contributed by atoms with van der Waals surface area (Å²) >= 11 is 0. The van der Waals surface area contributed by atoms with Crippen LogP contribution in [0.5, 0.6) is 0 Å². The van der Waals surface area contributed by atoms with Crippen molar-refractivity contribution in [2.45, 2.75) is 33.3 Å². The summed E-state index contributed by atoms with van der Waals surface area (Å²) in [7, 11) is 1.81. The van der Waals surface area contributed by atoms with Gasteiger partial charge in [-0.1, -0.05) is 12.1 Å². The van der Waals surface area contributed by atoms with Crippen LogP contribution in [0.4, 0.5) is 8.78 Å². The zero-order valence-corrected chi connectivity index (χ0v) is 12.0. The van der Waals surface area contributed by atoms with Crippen LogP contribution in [0.25, 0.3) is 0 Å². The van der Waals surface area contributed by atoms with Crippen molar-refractivity contribution in [3.63, 3.8) is 0 Å². The predicted octanol–water partition coefficient (Wildman–Crippen LogP) is 2.90. The van der Waals surface area contributed by atoms with Crippen LogP contribution in [0, 0.1) is 32.4 Å². The highest BCUT2D eigenvalue weighted by Crippen LogP contribution is 2.26. The van der Waals surface area contributed by atoms with Gasteiger partial charge in [0.2, 0.25) is 0 Å². The summed E-state index contributed by atoms with van der Waals surface area (Å²) in [6.45, 7) is 5.21. The molecular formula is C15H18F2N2O. The van der Waals surface area contributed by atoms with Crippen molar-refractivity contribution in [3.05, 3.63) is 51.8 Å². The lowest BCUT2D eigenvalue weighted by atomic mass is 9.98. The molecule has 0 aliphatic heterocycles. The fourth-order valence-electron chi connectivity index (χ4n) is 2.33. The lowest BCUT2D eigenvalue weighted by molar-refractivity contribution is 0.172. The summed E-state index contributed by atoms with van der Waals surface area (Å²) in [5, 5.41) is 14.4. The Bertz CT molecular complexity index is 650. The summed E-state index contributed by atoms with van der Waals surface area (Å²) in [6.07, 6.45) is -0.878. The number of aliphatic hydroxyl groups is 1. The van der Waals surface area contributed by atoms with Gasteiger partial charge in [-0.3, -0.25) is 4.68 Å². The fraction of sp³-hybridized carbons (Fsp3) is 0.400. The molecule has 3 nitrogen and oxygen atoms in total. The molecule has 0 saturated carbocycles. The minimum Gasteiger partial charge on any atom is -0.388 e. The van der Waals surface area contributed by atoms with Crippen LogP contribution in [0.1, 0.15) is 34.2 Å². The molecule has 0 radical (unpaired) electrons. The molecule has 1 aromatic carbocycles. The first-order chi connectivity index (χ1) is 9.32. The number of aliphatic hydroxyl groups excluding tert-OH is 1. The molecule has 1 N–H and O–H groups in total. The highest BCUT2D eigenvalue weighted by molar-refractivity contribution is 5.31. The third-order valence-corrected chi connectivity index (χ3v) is 3.72. The number of rotatable bonds is 3. The number of nitrogens with zero attached hydrogens (tertiary/aromatic N) is 2. The highest BCUT2D eigenvalue weighted by Gasteiger charge is 2.20. The van der Waals surface area contributed by atoms with E-state index in [0.29, 0.717) is 0 Å². The number of aromatic nitrogens is 2. The lowest BCUT2D eigenvalue weighted by Gasteiger charge is -2.13. The standard InChI is InChI=1S/C15H18F2N2O/c1-8-5-6-11(15(17)14(8)16)13(20)7-12-9(2)18-19(4)10(12)3/h5-6,13,20H,7H2,1-4H3. The Morgan fingerprint density at radius 2 is 1.85 bits per heavy atom. The molecule has 2 rings (SSSR count). The van der Waals surface area contributed by atoms with Crippen molar-refractivity contribution in [1.29, 1.82) is 0 Å². The van der Waals surface area contributed by atoms with Crippen LogP contribution in [-0.4, -0.2) is 14.9 Å². The number of benzene rings is 1. The van der Waals surface area contributed by atoms with E-state index in [2.05, 4.69) is 5.10 Å². The average Bonchev–Trinajstić information content (AvgIpc) is 2.62. The Morgan fingerprint density at radius 1 is 1.20 bits per heavy atom. The molecule has 1 unspecified atom stereocenters. The van der Waals surface area contributed by atoms with Crippen LogP contribution in [0.3, 0.4) is 0 Å². The van der Waals surface area contributed by atoms with E-state index in [9.17, 15) is 13.9 Å². The normalized spacial score (nSPS) is 12.8. The highest BCUT2D eigenvalue weighted by atomic mass is 19.2. The second-order valence-electron chi connectivity index (χ2n) is 5.09. The summed E-state index contributed by atoms with van der Waals surface area (Å²) in [4.78, 5) is 0. The van der Waals surface area contributed by atoms with Crippen LogP contribution >= 0.6 is 0 Å². The number of hydrogen-bond donors (Lipinski definition) is 1. The molecule has 1 aromatic heterocycles. The van der Waals surface area contributed by atoms with E-state index in [0.717, 1.165) is 17.0 Å². The topological polar surface area (TPSA) is 38.1 Å². The molecule has 0 spiro atoms. The Morgan fingerprint density at radius 3 is 2.40 bits per heavy atom. The number of hydrogen-bond acceptors (Lipinski definition) is 2. The number of halogens is 2. The molecule has 0 aliphatic rings. The van der Waals surface area contributed by atoms with Crippen molar-refractivity contribution in [3.8, 4) is 0 Å². The van der Waals surface area contributed by atoms with Gasteiger partial charge in [0.1, 0.15) is 0 Å². The molecule has 0 amide bonds. The van der Waals surface area contributed by atoms with Gasteiger partial charge in [0.15, 0.2) is 11.6 Å². The van der Waals surface area contributed by atoms with Gasteiger partial charge in [-0.15, -0.1) is 0 Å². The Balaban J connectivity index is 2.33. The zero-order chi connectivity index (χ0) is 15.0. The van der Waals surface area contributed by atoms with Gasteiger partial charge in [-0.25, -0.2) is 8.78 Å². The minimum atomic E-state index is -1.09.